The molecule has 0 aromatic carbocycles. The lowest BCUT2D eigenvalue weighted by Crippen LogP contribution is -2.20. The van der Waals surface area contributed by atoms with Crippen molar-refractivity contribution in [3.05, 3.63) is 0 Å². The largest absolute Gasteiger partial charge is 0.330 e. The predicted molar refractivity (Wildman–Crippen MR) is 71.6 cm³/mol. The molecule has 0 amide bonds. The summed E-state index contributed by atoms with van der Waals surface area (Å²) in [5, 5.41) is 6.79. The molecule has 0 heterocycles. The van der Waals surface area contributed by atoms with Gasteiger partial charge in [0.25, 0.3) is 0 Å². The first-order valence-electron chi connectivity index (χ1n) is 6.73. The highest BCUT2D eigenvalue weighted by atomic mass is 14.9. The minimum absolute atomic E-state index is 0.793. The minimum Gasteiger partial charge on any atom is -0.330 e. The highest BCUT2D eigenvalue weighted by Gasteiger charge is 1.91. The summed E-state index contributed by atoms with van der Waals surface area (Å²) in [7, 11) is 0. The highest BCUT2D eigenvalue weighted by Crippen LogP contribution is 1.97. The second-order valence-corrected chi connectivity index (χ2v) is 4.20. The standard InChI is InChI=1S/C12H30N4/c13-7-5-11-15-9-3-1-2-4-10-16-12-6-8-14/h15-16H,1-14H2. The van der Waals surface area contributed by atoms with E-state index in [2.05, 4.69) is 10.6 Å². The van der Waals surface area contributed by atoms with Crippen LogP contribution in [0.5, 0.6) is 0 Å². The number of nitrogens with one attached hydrogen (secondary N) is 2. The Bertz CT molecular complexity index is 106. The van der Waals surface area contributed by atoms with Gasteiger partial charge in [-0.1, -0.05) is 12.8 Å². The van der Waals surface area contributed by atoms with Crippen molar-refractivity contribution in [2.24, 2.45) is 11.5 Å². The van der Waals surface area contributed by atoms with Gasteiger partial charge in [0.05, 0.1) is 0 Å². The first-order valence-corrected chi connectivity index (χ1v) is 6.73. The summed E-state index contributed by atoms with van der Waals surface area (Å²) in [5.41, 5.74) is 10.8. The second kappa shape index (κ2) is 14.8. The molecule has 0 saturated heterocycles. The van der Waals surface area contributed by atoms with Crippen molar-refractivity contribution in [3.63, 3.8) is 0 Å². The van der Waals surface area contributed by atoms with Crippen LogP contribution in [0.1, 0.15) is 38.5 Å². The Kier molecular flexibility index (Phi) is 14.7. The van der Waals surface area contributed by atoms with Crippen LogP contribution in [-0.2, 0) is 0 Å². The van der Waals surface area contributed by atoms with Crippen LogP contribution < -0.4 is 22.1 Å². The van der Waals surface area contributed by atoms with E-state index >= 15 is 0 Å². The van der Waals surface area contributed by atoms with Crippen LogP contribution in [-0.4, -0.2) is 39.3 Å². The molecule has 0 fully saturated rings. The first-order chi connectivity index (χ1) is 7.91. The summed E-state index contributed by atoms with van der Waals surface area (Å²) in [6.45, 7) is 6.00. The Morgan fingerprint density at radius 3 is 1.25 bits per heavy atom. The zero-order chi connectivity index (χ0) is 11.9. The number of nitrogens with two attached hydrogens (primary N) is 2. The molecule has 98 valence electrons. The van der Waals surface area contributed by atoms with Crippen molar-refractivity contribution in [3.8, 4) is 0 Å². The molecule has 0 spiro atoms. The molecule has 0 aliphatic carbocycles. The first kappa shape index (κ1) is 15.8. The predicted octanol–water partition coefficient (Wildman–Crippen LogP) is 0.424. The fourth-order valence-corrected chi connectivity index (χ4v) is 1.56. The maximum atomic E-state index is 5.40. The van der Waals surface area contributed by atoms with Crippen molar-refractivity contribution >= 4 is 0 Å². The summed E-state index contributed by atoms with van der Waals surface area (Å²) in [5.74, 6) is 0. The van der Waals surface area contributed by atoms with E-state index in [4.69, 9.17) is 11.5 Å². The highest BCUT2D eigenvalue weighted by molar-refractivity contribution is 4.52. The maximum Gasteiger partial charge on any atom is -0.00369 e. The molecule has 0 aliphatic heterocycles. The Morgan fingerprint density at radius 1 is 0.500 bits per heavy atom. The van der Waals surface area contributed by atoms with E-state index in [1.54, 1.807) is 0 Å². The van der Waals surface area contributed by atoms with Gasteiger partial charge in [0.2, 0.25) is 0 Å². The molecule has 6 N–H and O–H groups in total. The van der Waals surface area contributed by atoms with Crippen LogP contribution in [0.3, 0.4) is 0 Å². The summed E-state index contributed by atoms with van der Waals surface area (Å²) in [6.07, 6.45) is 7.40. The number of hydrogen-bond acceptors (Lipinski definition) is 4. The monoisotopic (exact) mass is 230 g/mol. The van der Waals surface area contributed by atoms with E-state index in [0.717, 1.165) is 52.1 Å². The Labute approximate surface area is 101 Å². The summed E-state index contributed by atoms with van der Waals surface area (Å²) in [6, 6.07) is 0. The van der Waals surface area contributed by atoms with Crippen molar-refractivity contribution in [1.82, 2.24) is 10.6 Å². The van der Waals surface area contributed by atoms with E-state index in [1.165, 1.54) is 25.7 Å². The van der Waals surface area contributed by atoms with Gasteiger partial charge in [-0.2, -0.15) is 0 Å². The Hall–Kier alpha value is -0.160. The van der Waals surface area contributed by atoms with Gasteiger partial charge in [-0.3, -0.25) is 0 Å². The second-order valence-electron chi connectivity index (χ2n) is 4.20. The Balaban J connectivity index is 2.83. The van der Waals surface area contributed by atoms with Gasteiger partial charge in [-0.05, 0) is 65.0 Å². The molecule has 0 aliphatic rings. The third-order valence-electron chi connectivity index (χ3n) is 2.57. The lowest BCUT2D eigenvalue weighted by molar-refractivity contribution is 0.556. The lowest BCUT2D eigenvalue weighted by atomic mass is 10.2. The Morgan fingerprint density at radius 2 is 0.875 bits per heavy atom. The van der Waals surface area contributed by atoms with Crippen molar-refractivity contribution in [2.75, 3.05) is 39.3 Å². The fourth-order valence-electron chi connectivity index (χ4n) is 1.56. The van der Waals surface area contributed by atoms with Crippen LogP contribution >= 0.6 is 0 Å². The van der Waals surface area contributed by atoms with Crippen molar-refractivity contribution < 1.29 is 0 Å². The average molecular weight is 230 g/mol. The molecule has 16 heavy (non-hydrogen) atoms. The van der Waals surface area contributed by atoms with Gasteiger partial charge >= 0.3 is 0 Å². The average Bonchev–Trinajstić information content (AvgIpc) is 2.31. The molecule has 0 unspecified atom stereocenters. The summed E-state index contributed by atoms with van der Waals surface area (Å²) in [4.78, 5) is 0. The van der Waals surface area contributed by atoms with Crippen LogP contribution in [0.2, 0.25) is 0 Å². The number of hydrogen-bond donors (Lipinski definition) is 4. The number of unbranched alkanes of at least 4 members (excludes halogenated alkanes) is 3. The van der Waals surface area contributed by atoms with Crippen molar-refractivity contribution in [2.45, 2.75) is 38.5 Å². The van der Waals surface area contributed by atoms with E-state index in [0.29, 0.717) is 0 Å². The fraction of sp³-hybridized carbons (Fsp3) is 1.00. The van der Waals surface area contributed by atoms with Gasteiger partial charge in [-0.15, -0.1) is 0 Å². The molecule has 0 aromatic rings. The van der Waals surface area contributed by atoms with Crippen molar-refractivity contribution in [1.29, 1.82) is 0 Å². The summed E-state index contributed by atoms with van der Waals surface area (Å²) < 4.78 is 0. The van der Waals surface area contributed by atoms with Gasteiger partial charge in [-0.25, -0.2) is 0 Å². The van der Waals surface area contributed by atoms with E-state index in [9.17, 15) is 0 Å². The third kappa shape index (κ3) is 13.8. The molecular weight excluding hydrogens is 200 g/mol. The molecule has 0 saturated carbocycles. The van der Waals surface area contributed by atoms with Gasteiger partial charge in [0, 0.05) is 0 Å². The van der Waals surface area contributed by atoms with Gasteiger partial charge in [0.15, 0.2) is 0 Å². The maximum absolute atomic E-state index is 5.40. The minimum atomic E-state index is 0.793. The molecule has 0 aromatic heterocycles. The quantitative estimate of drug-likeness (QED) is 0.346. The van der Waals surface area contributed by atoms with Gasteiger partial charge < -0.3 is 22.1 Å². The molecule has 4 nitrogen and oxygen atoms in total. The van der Waals surface area contributed by atoms with E-state index in [-0.39, 0.29) is 0 Å². The molecule has 0 rings (SSSR count). The van der Waals surface area contributed by atoms with Crippen LogP contribution in [0, 0.1) is 0 Å². The van der Waals surface area contributed by atoms with Gasteiger partial charge in [0.1, 0.15) is 0 Å². The molecule has 4 heteroatoms. The van der Waals surface area contributed by atoms with Crippen LogP contribution in [0.25, 0.3) is 0 Å². The van der Waals surface area contributed by atoms with Crippen LogP contribution in [0.4, 0.5) is 0 Å². The number of rotatable bonds is 13. The molecule has 0 radical (unpaired) electrons. The smallest absolute Gasteiger partial charge is 0.00369 e. The third-order valence-corrected chi connectivity index (χ3v) is 2.57. The topological polar surface area (TPSA) is 76.1 Å². The lowest BCUT2D eigenvalue weighted by Gasteiger charge is -2.05. The zero-order valence-corrected chi connectivity index (χ0v) is 10.6. The van der Waals surface area contributed by atoms with Crippen LogP contribution in [0.15, 0.2) is 0 Å². The normalized spacial score (nSPS) is 10.9. The van der Waals surface area contributed by atoms with E-state index in [1.807, 2.05) is 0 Å². The summed E-state index contributed by atoms with van der Waals surface area (Å²) >= 11 is 0. The molecule has 0 atom stereocenters. The molecule has 0 bridgehead atoms. The SMILES string of the molecule is NCCCNCCCCCCNCCCN. The van der Waals surface area contributed by atoms with E-state index < -0.39 is 0 Å². The zero-order valence-electron chi connectivity index (χ0n) is 10.6. The molecular formula is C12H30N4.